The summed E-state index contributed by atoms with van der Waals surface area (Å²) in [7, 11) is 0. The fraction of sp³-hybridized carbons (Fsp3) is 0.600. The monoisotopic (exact) mass is 315 g/mol. The van der Waals surface area contributed by atoms with E-state index in [0.29, 0.717) is 12.0 Å². The van der Waals surface area contributed by atoms with Crippen LogP contribution in [-0.2, 0) is 6.42 Å². The molecule has 0 heterocycles. The predicted molar refractivity (Wildman–Crippen MR) is 79.3 cm³/mol. The fourth-order valence-electron chi connectivity index (χ4n) is 2.12. The Hall–Kier alpha value is -0.410. The maximum absolute atomic E-state index is 13.7. The maximum atomic E-state index is 13.7. The van der Waals surface area contributed by atoms with E-state index in [1.807, 2.05) is 6.07 Å². The van der Waals surface area contributed by atoms with E-state index in [-0.39, 0.29) is 5.82 Å². The molecule has 0 aromatic heterocycles. The Morgan fingerprint density at radius 1 is 1.33 bits per heavy atom. The second kappa shape index (κ2) is 7.90. The predicted octanol–water partition coefficient (Wildman–Crippen LogP) is 4.55. The molecule has 1 unspecified atom stereocenters. The first-order chi connectivity index (χ1) is 8.52. The molecular weight excluding hydrogens is 293 g/mol. The second-order valence-corrected chi connectivity index (χ2v) is 6.14. The van der Waals surface area contributed by atoms with Crippen LogP contribution in [0.4, 0.5) is 4.39 Å². The summed E-state index contributed by atoms with van der Waals surface area (Å²) in [5.41, 5.74) is 0.790. The molecular formula is C15H23BrFN. The minimum atomic E-state index is -0.106. The van der Waals surface area contributed by atoms with E-state index in [1.165, 1.54) is 6.07 Å². The summed E-state index contributed by atoms with van der Waals surface area (Å²) in [5.74, 6) is 0.514. The smallest absolute Gasteiger partial charge is 0.126 e. The zero-order valence-corrected chi connectivity index (χ0v) is 13.1. The van der Waals surface area contributed by atoms with Crippen LogP contribution in [0.5, 0.6) is 0 Å². The molecule has 0 amide bonds. The van der Waals surface area contributed by atoms with E-state index in [1.54, 1.807) is 6.07 Å². The first-order valence-corrected chi connectivity index (χ1v) is 7.49. The van der Waals surface area contributed by atoms with Gasteiger partial charge in [0, 0.05) is 10.5 Å². The van der Waals surface area contributed by atoms with Crippen LogP contribution in [0.25, 0.3) is 0 Å². The van der Waals surface area contributed by atoms with Gasteiger partial charge in [0.25, 0.3) is 0 Å². The zero-order valence-electron chi connectivity index (χ0n) is 11.5. The van der Waals surface area contributed by atoms with Gasteiger partial charge in [0.15, 0.2) is 0 Å². The lowest BCUT2D eigenvalue weighted by atomic mass is 9.97. The summed E-state index contributed by atoms with van der Waals surface area (Å²) < 4.78 is 14.7. The average Bonchev–Trinajstić information content (AvgIpc) is 2.30. The Labute approximate surface area is 118 Å². The second-order valence-electron chi connectivity index (χ2n) is 5.22. The normalized spacial score (nSPS) is 13.0. The van der Waals surface area contributed by atoms with Crippen molar-refractivity contribution in [2.24, 2.45) is 5.92 Å². The molecule has 0 saturated carbocycles. The van der Waals surface area contributed by atoms with Crippen molar-refractivity contribution >= 4 is 15.9 Å². The topological polar surface area (TPSA) is 12.0 Å². The van der Waals surface area contributed by atoms with E-state index in [0.717, 1.165) is 35.8 Å². The summed E-state index contributed by atoms with van der Waals surface area (Å²) in [6.45, 7) is 7.56. The molecule has 0 saturated heterocycles. The van der Waals surface area contributed by atoms with Gasteiger partial charge in [0.1, 0.15) is 5.82 Å². The molecule has 0 aliphatic carbocycles. The number of hydrogen-bond donors (Lipinski definition) is 1. The lowest BCUT2D eigenvalue weighted by molar-refractivity contribution is 0.411. The summed E-state index contributed by atoms with van der Waals surface area (Å²) in [6.07, 6.45) is 2.94. The molecule has 1 atom stereocenters. The molecule has 0 aliphatic heterocycles. The highest BCUT2D eigenvalue weighted by atomic mass is 79.9. The lowest BCUT2D eigenvalue weighted by Crippen LogP contribution is -2.33. The van der Waals surface area contributed by atoms with Crippen LogP contribution in [-0.4, -0.2) is 12.6 Å². The molecule has 1 aromatic rings. The molecule has 0 radical (unpaired) electrons. The van der Waals surface area contributed by atoms with Gasteiger partial charge in [0.05, 0.1) is 0 Å². The van der Waals surface area contributed by atoms with Crippen LogP contribution in [0.3, 0.4) is 0 Å². The molecule has 1 aromatic carbocycles. The summed E-state index contributed by atoms with van der Waals surface area (Å²) in [4.78, 5) is 0. The molecule has 0 fully saturated rings. The minimum absolute atomic E-state index is 0.106. The highest BCUT2D eigenvalue weighted by Gasteiger charge is 2.13. The third-order valence-corrected chi connectivity index (χ3v) is 3.41. The third-order valence-electron chi connectivity index (χ3n) is 2.91. The average molecular weight is 316 g/mol. The first-order valence-electron chi connectivity index (χ1n) is 6.70. The van der Waals surface area contributed by atoms with Crippen LogP contribution in [0.2, 0.25) is 0 Å². The molecule has 102 valence electrons. The van der Waals surface area contributed by atoms with E-state index < -0.39 is 0 Å². The van der Waals surface area contributed by atoms with E-state index in [2.05, 4.69) is 42.0 Å². The Morgan fingerprint density at radius 2 is 2.06 bits per heavy atom. The van der Waals surface area contributed by atoms with Gasteiger partial charge in [-0.05, 0) is 55.5 Å². The number of hydrogen-bond acceptors (Lipinski definition) is 1. The Balaban J connectivity index is 2.71. The van der Waals surface area contributed by atoms with Gasteiger partial charge in [-0.2, -0.15) is 0 Å². The zero-order chi connectivity index (χ0) is 13.5. The molecule has 18 heavy (non-hydrogen) atoms. The molecule has 0 spiro atoms. The van der Waals surface area contributed by atoms with Crippen molar-refractivity contribution in [1.29, 1.82) is 0 Å². The Kier molecular flexibility index (Phi) is 6.87. The van der Waals surface area contributed by atoms with E-state index >= 15 is 0 Å². The van der Waals surface area contributed by atoms with Crippen LogP contribution in [0.1, 0.15) is 39.2 Å². The van der Waals surface area contributed by atoms with Gasteiger partial charge >= 0.3 is 0 Å². The van der Waals surface area contributed by atoms with Crippen molar-refractivity contribution in [3.8, 4) is 0 Å². The van der Waals surface area contributed by atoms with Crippen LogP contribution in [0, 0.1) is 11.7 Å². The van der Waals surface area contributed by atoms with E-state index in [9.17, 15) is 4.39 Å². The van der Waals surface area contributed by atoms with Gasteiger partial charge in [-0.25, -0.2) is 4.39 Å². The highest BCUT2D eigenvalue weighted by Crippen LogP contribution is 2.19. The molecule has 0 aliphatic rings. The van der Waals surface area contributed by atoms with Crippen molar-refractivity contribution in [2.75, 3.05) is 6.54 Å². The van der Waals surface area contributed by atoms with Gasteiger partial charge in [0.2, 0.25) is 0 Å². The summed E-state index contributed by atoms with van der Waals surface area (Å²) >= 11 is 3.40. The van der Waals surface area contributed by atoms with Crippen LogP contribution >= 0.6 is 15.9 Å². The molecule has 3 heteroatoms. The summed E-state index contributed by atoms with van der Waals surface area (Å²) in [5, 5.41) is 3.51. The number of benzene rings is 1. The molecule has 1 nitrogen and oxygen atoms in total. The molecule has 1 N–H and O–H groups in total. The number of rotatable bonds is 7. The van der Waals surface area contributed by atoms with Gasteiger partial charge in [-0.3, -0.25) is 0 Å². The van der Waals surface area contributed by atoms with Crippen molar-refractivity contribution in [1.82, 2.24) is 5.32 Å². The van der Waals surface area contributed by atoms with Crippen molar-refractivity contribution in [2.45, 2.75) is 46.1 Å². The summed E-state index contributed by atoms with van der Waals surface area (Å²) in [6, 6.07) is 5.52. The van der Waals surface area contributed by atoms with Crippen LogP contribution in [0.15, 0.2) is 22.7 Å². The van der Waals surface area contributed by atoms with Crippen molar-refractivity contribution < 1.29 is 4.39 Å². The van der Waals surface area contributed by atoms with Crippen LogP contribution < -0.4 is 5.32 Å². The Bertz CT molecular complexity index is 366. The van der Waals surface area contributed by atoms with Gasteiger partial charge < -0.3 is 5.32 Å². The third kappa shape index (κ3) is 5.49. The number of nitrogens with one attached hydrogen (secondary N) is 1. The molecule has 0 bridgehead atoms. The lowest BCUT2D eigenvalue weighted by Gasteiger charge is -2.21. The quantitative estimate of drug-likeness (QED) is 0.778. The standard InChI is InChI=1S/C15H23BrFN/c1-4-7-18-14(8-11(2)3)10-12-9-13(16)5-6-15(12)17/h5-6,9,11,14,18H,4,7-8,10H2,1-3H3. The minimum Gasteiger partial charge on any atom is -0.314 e. The largest absolute Gasteiger partial charge is 0.314 e. The van der Waals surface area contributed by atoms with Crippen molar-refractivity contribution in [3.63, 3.8) is 0 Å². The van der Waals surface area contributed by atoms with Crippen molar-refractivity contribution in [3.05, 3.63) is 34.1 Å². The fourth-order valence-corrected chi connectivity index (χ4v) is 2.53. The van der Waals surface area contributed by atoms with Gasteiger partial charge in [-0.15, -0.1) is 0 Å². The highest BCUT2D eigenvalue weighted by molar-refractivity contribution is 9.10. The Morgan fingerprint density at radius 3 is 2.67 bits per heavy atom. The SMILES string of the molecule is CCCNC(Cc1cc(Br)ccc1F)CC(C)C. The molecule has 1 rings (SSSR count). The van der Waals surface area contributed by atoms with E-state index in [4.69, 9.17) is 0 Å². The maximum Gasteiger partial charge on any atom is 0.126 e. The number of halogens is 2. The van der Waals surface area contributed by atoms with Gasteiger partial charge in [-0.1, -0.05) is 36.7 Å². The first kappa shape index (κ1) is 15.6.